The minimum Gasteiger partial charge on any atom is -0.481 e. The molecule has 1 saturated heterocycles. The summed E-state index contributed by atoms with van der Waals surface area (Å²) in [6.45, 7) is 3.08. The molecule has 2 aromatic rings. The van der Waals surface area contributed by atoms with Gasteiger partial charge in [-0.3, -0.25) is 4.79 Å². The lowest BCUT2D eigenvalue weighted by Gasteiger charge is -2.34. The second-order valence-electron chi connectivity index (χ2n) is 6.42. The Labute approximate surface area is 153 Å². The van der Waals surface area contributed by atoms with Gasteiger partial charge in [0, 0.05) is 25.3 Å². The molecule has 2 N–H and O–H groups in total. The molecule has 0 aliphatic carbocycles. The Bertz CT molecular complexity index is 718. The van der Waals surface area contributed by atoms with Crippen LogP contribution in [-0.4, -0.2) is 51.3 Å². The number of amides is 1. The molecule has 1 aromatic carbocycles. The number of ether oxygens (including phenoxy) is 1. The number of carbonyl (C=O) groups is 1. The van der Waals surface area contributed by atoms with E-state index >= 15 is 0 Å². The zero-order chi connectivity index (χ0) is 18.4. The molecule has 1 aliphatic heterocycles. The van der Waals surface area contributed by atoms with E-state index in [4.69, 9.17) is 4.74 Å². The van der Waals surface area contributed by atoms with Gasteiger partial charge in [0.05, 0.1) is 6.61 Å². The molecule has 1 fully saturated rings. The van der Waals surface area contributed by atoms with Crippen molar-refractivity contribution in [1.29, 1.82) is 0 Å². The molecule has 7 heteroatoms. The summed E-state index contributed by atoms with van der Waals surface area (Å²) >= 11 is 0. The number of anilines is 1. The Balaban J connectivity index is 1.49. The first kappa shape index (κ1) is 18.1. The number of carbonyl (C=O) groups excluding carboxylic acids is 1. The Kier molecular flexibility index (Phi) is 6.01. The fraction of sp³-hybridized carbons (Fsp3) is 0.421. The number of piperidine rings is 1. The number of likely N-dealkylation sites (tertiary alicyclic amines) is 1. The van der Waals surface area contributed by atoms with Crippen LogP contribution in [0.4, 0.5) is 5.82 Å². The summed E-state index contributed by atoms with van der Waals surface area (Å²) in [6.07, 6.45) is 2.79. The number of hydrogen-bond donors (Lipinski definition) is 2. The van der Waals surface area contributed by atoms with Crippen molar-refractivity contribution in [3.63, 3.8) is 0 Å². The van der Waals surface area contributed by atoms with Crippen LogP contribution in [0.15, 0.2) is 42.6 Å². The highest BCUT2D eigenvalue weighted by Gasteiger charge is 2.27. The summed E-state index contributed by atoms with van der Waals surface area (Å²) in [5, 5.41) is 20.4. The third kappa shape index (κ3) is 4.70. The van der Waals surface area contributed by atoms with Gasteiger partial charge in [-0.15, -0.1) is 5.10 Å². The van der Waals surface area contributed by atoms with Gasteiger partial charge in [0.1, 0.15) is 11.6 Å². The topological polar surface area (TPSA) is 87.6 Å². The quantitative estimate of drug-likeness (QED) is 0.821. The summed E-state index contributed by atoms with van der Waals surface area (Å²) in [5.41, 5.74) is 0.762. The van der Waals surface area contributed by atoms with Crippen molar-refractivity contribution in [2.24, 2.45) is 0 Å². The van der Waals surface area contributed by atoms with Crippen molar-refractivity contribution in [3.8, 4) is 5.75 Å². The van der Waals surface area contributed by atoms with E-state index in [1.54, 1.807) is 25.3 Å². The van der Waals surface area contributed by atoms with Crippen molar-refractivity contribution >= 4 is 11.7 Å². The van der Waals surface area contributed by atoms with Crippen LogP contribution in [0.1, 0.15) is 25.3 Å². The van der Waals surface area contributed by atoms with Crippen LogP contribution in [0.3, 0.4) is 0 Å². The highest BCUT2D eigenvalue weighted by atomic mass is 16.5. The minimum absolute atomic E-state index is 0.0163. The number of nitrogens with one attached hydrogen (secondary N) is 1. The van der Waals surface area contributed by atoms with Crippen LogP contribution in [0.25, 0.3) is 0 Å². The summed E-state index contributed by atoms with van der Waals surface area (Å²) in [4.78, 5) is 14.5. The summed E-state index contributed by atoms with van der Waals surface area (Å²) in [7, 11) is 0. The normalized spacial score (nSPS) is 16.2. The van der Waals surface area contributed by atoms with E-state index in [-0.39, 0.29) is 18.6 Å². The first-order valence-electron chi connectivity index (χ1n) is 8.85. The maximum Gasteiger partial charge on any atom is 0.263 e. The minimum atomic E-state index is -0.562. The van der Waals surface area contributed by atoms with Crippen molar-refractivity contribution in [2.45, 2.75) is 38.5 Å². The molecule has 1 atom stereocenters. The SMILES string of the molecule is CC(Oc1cccc(CO)c1)C(=O)N1CCC(Nc2cccnn2)CC1. The summed E-state index contributed by atoms with van der Waals surface area (Å²) in [5.74, 6) is 1.34. The molecule has 0 bridgehead atoms. The van der Waals surface area contributed by atoms with E-state index in [9.17, 15) is 9.90 Å². The second kappa shape index (κ2) is 8.62. The van der Waals surface area contributed by atoms with Crippen molar-refractivity contribution in [3.05, 3.63) is 48.2 Å². The predicted octanol–water partition coefficient (Wildman–Crippen LogP) is 1.84. The first-order valence-corrected chi connectivity index (χ1v) is 8.85. The molecule has 26 heavy (non-hydrogen) atoms. The van der Waals surface area contributed by atoms with Gasteiger partial charge in [0.2, 0.25) is 0 Å². The molecule has 3 rings (SSSR count). The van der Waals surface area contributed by atoms with Crippen LogP contribution in [-0.2, 0) is 11.4 Å². The fourth-order valence-corrected chi connectivity index (χ4v) is 3.06. The number of hydrogen-bond acceptors (Lipinski definition) is 6. The van der Waals surface area contributed by atoms with E-state index in [1.165, 1.54) is 0 Å². The van der Waals surface area contributed by atoms with Gasteiger partial charge in [-0.05, 0) is 49.6 Å². The highest BCUT2D eigenvalue weighted by Crippen LogP contribution is 2.18. The lowest BCUT2D eigenvalue weighted by atomic mass is 10.0. The molecule has 1 aliphatic rings. The smallest absolute Gasteiger partial charge is 0.263 e. The van der Waals surface area contributed by atoms with Gasteiger partial charge in [-0.2, -0.15) is 5.10 Å². The van der Waals surface area contributed by atoms with Gasteiger partial charge in [0.15, 0.2) is 6.10 Å². The molecule has 1 amide bonds. The molecule has 1 aromatic heterocycles. The second-order valence-corrected chi connectivity index (χ2v) is 6.42. The first-order chi connectivity index (χ1) is 12.7. The van der Waals surface area contributed by atoms with E-state index < -0.39 is 6.10 Å². The Morgan fingerprint density at radius 3 is 2.85 bits per heavy atom. The average Bonchev–Trinajstić information content (AvgIpc) is 2.69. The third-order valence-electron chi connectivity index (χ3n) is 4.47. The van der Waals surface area contributed by atoms with Gasteiger partial charge >= 0.3 is 0 Å². The van der Waals surface area contributed by atoms with Crippen molar-refractivity contribution in [2.75, 3.05) is 18.4 Å². The zero-order valence-corrected chi connectivity index (χ0v) is 14.8. The molecule has 0 spiro atoms. The lowest BCUT2D eigenvalue weighted by molar-refractivity contribution is -0.138. The fourth-order valence-electron chi connectivity index (χ4n) is 3.06. The van der Waals surface area contributed by atoms with Crippen LogP contribution < -0.4 is 10.1 Å². The van der Waals surface area contributed by atoms with Crippen molar-refractivity contribution in [1.82, 2.24) is 15.1 Å². The van der Waals surface area contributed by atoms with Gasteiger partial charge in [0.25, 0.3) is 5.91 Å². The van der Waals surface area contributed by atoms with E-state index in [2.05, 4.69) is 15.5 Å². The highest BCUT2D eigenvalue weighted by molar-refractivity contribution is 5.81. The molecule has 2 heterocycles. The number of nitrogens with zero attached hydrogens (tertiary/aromatic N) is 3. The van der Waals surface area contributed by atoms with E-state index in [1.807, 2.05) is 29.2 Å². The molecular weight excluding hydrogens is 332 g/mol. The van der Waals surface area contributed by atoms with Crippen LogP contribution in [0, 0.1) is 0 Å². The number of benzene rings is 1. The molecule has 138 valence electrons. The number of rotatable bonds is 6. The summed E-state index contributed by atoms with van der Waals surface area (Å²) in [6, 6.07) is 11.2. The van der Waals surface area contributed by atoms with E-state index in [0.29, 0.717) is 18.8 Å². The maximum atomic E-state index is 12.6. The molecule has 0 saturated carbocycles. The average molecular weight is 356 g/mol. The van der Waals surface area contributed by atoms with Gasteiger partial charge < -0.3 is 20.1 Å². The monoisotopic (exact) mass is 356 g/mol. The molecule has 7 nitrogen and oxygen atoms in total. The number of aliphatic hydroxyl groups is 1. The Hall–Kier alpha value is -2.67. The van der Waals surface area contributed by atoms with Crippen LogP contribution in [0.2, 0.25) is 0 Å². The third-order valence-corrected chi connectivity index (χ3v) is 4.47. The standard InChI is InChI=1S/C19H24N4O3/c1-14(26-17-5-2-4-15(12-17)13-24)19(25)23-10-7-16(8-11-23)21-18-6-3-9-20-22-18/h2-6,9,12,14,16,24H,7-8,10-11,13H2,1H3,(H,21,22). The zero-order valence-electron chi connectivity index (χ0n) is 14.8. The predicted molar refractivity (Wildman–Crippen MR) is 97.7 cm³/mol. The Morgan fingerprint density at radius 1 is 1.35 bits per heavy atom. The molecule has 1 unspecified atom stereocenters. The Morgan fingerprint density at radius 2 is 2.15 bits per heavy atom. The lowest BCUT2D eigenvalue weighted by Crippen LogP contribution is -2.47. The van der Waals surface area contributed by atoms with Crippen LogP contribution in [0.5, 0.6) is 5.75 Å². The number of aliphatic hydroxyl groups excluding tert-OH is 1. The van der Waals surface area contributed by atoms with E-state index in [0.717, 1.165) is 24.2 Å². The largest absolute Gasteiger partial charge is 0.481 e. The molecular formula is C19H24N4O3. The summed E-state index contributed by atoms with van der Waals surface area (Å²) < 4.78 is 5.76. The number of aromatic nitrogens is 2. The van der Waals surface area contributed by atoms with Gasteiger partial charge in [-0.1, -0.05) is 12.1 Å². The van der Waals surface area contributed by atoms with Gasteiger partial charge in [-0.25, -0.2) is 0 Å². The maximum absolute atomic E-state index is 12.6. The van der Waals surface area contributed by atoms with Crippen molar-refractivity contribution < 1.29 is 14.6 Å². The van der Waals surface area contributed by atoms with Crippen LogP contribution >= 0.6 is 0 Å². The molecule has 0 radical (unpaired) electrons.